The maximum atomic E-state index is 11.9. The summed E-state index contributed by atoms with van der Waals surface area (Å²) in [6, 6.07) is 6.63. The van der Waals surface area contributed by atoms with Crippen LogP contribution < -0.4 is 4.74 Å². The number of hydrogen-bond donors (Lipinski definition) is 0. The molecule has 1 aromatic carbocycles. The molecule has 1 aromatic rings. The fourth-order valence-corrected chi connectivity index (χ4v) is 3.13. The van der Waals surface area contributed by atoms with Gasteiger partial charge in [-0.05, 0) is 49.3 Å². The van der Waals surface area contributed by atoms with Crippen molar-refractivity contribution >= 4 is 5.78 Å². The number of carbonyl (C=O) groups excluding carboxylic acids is 1. The zero-order chi connectivity index (χ0) is 13.5. The molecule has 0 spiro atoms. The number of hydrogen-bond acceptors (Lipinski definition) is 3. The molecule has 0 amide bonds. The summed E-state index contributed by atoms with van der Waals surface area (Å²) in [7, 11) is 0. The van der Waals surface area contributed by atoms with Crippen molar-refractivity contribution in [3.05, 3.63) is 29.3 Å². The third-order valence-electron chi connectivity index (χ3n) is 4.69. The topological polar surface area (TPSA) is 29.3 Å². The van der Waals surface area contributed by atoms with Gasteiger partial charge in [-0.2, -0.15) is 0 Å². The summed E-state index contributed by atoms with van der Waals surface area (Å²) in [5.74, 6) is 2.09. The van der Waals surface area contributed by atoms with Crippen molar-refractivity contribution in [2.45, 2.75) is 38.1 Å². The minimum atomic E-state index is 0.276. The number of Topliss-reactive ketones (excluding diaryl/α,β-unsaturated/α-hetero) is 1. The number of carbonyl (C=O) groups is 1. The molecule has 1 saturated carbocycles. The predicted octanol–water partition coefficient (Wildman–Crippen LogP) is 2.68. The van der Waals surface area contributed by atoms with Crippen LogP contribution in [0.5, 0.6) is 5.75 Å². The van der Waals surface area contributed by atoms with Gasteiger partial charge in [0, 0.05) is 25.1 Å². The van der Waals surface area contributed by atoms with Gasteiger partial charge in [-0.25, -0.2) is 0 Å². The van der Waals surface area contributed by atoms with Gasteiger partial charge in [0.05, 0.1) is 6.04 Å². The molecule has 1 aliphatic heterocycles. The third-order valence-corrected chi connectivity index (χ3v) is 4.69. The van der Waals surface area contributed by atoms with Gasteiger partial charge in [-0.15, -0.1) is 0 Å². The third kappa shape index (κ3) is 2.59. The molecule has 106 valence electrons. The van der Waals surface area contributed by atoms with Crippen LogP contribution in [0.4, 0.5) is 0 Å². The van der Waals surface area contributed by atoms with E-state index in [0.29, 0.717) is 12.5 Å². The Morgan fingerprint density at radius 1 is 1.25 bits per heavy atom. The molecule has 2 atom stereocenters. The van der Waals surface area contributed by atoms with Crippen LogP contribution >= 0.6 is 0 Å². The molecule has 2 aliphatic carbocycles. The minimum Gasteiger partial charge on any atom is -0.492 e. The SMILES string of the molecule is O=C1CCCc2ccc(OCC3CN3CC3CC3)cc21. The van der Waals surface area contributed by atoms with Crippen molar-refractivity contribution in [2.75, 3.05) is 19.7 Å². The molecule has 0 N–H and O–H groups in total. The molecule has 3 heteroatoms. The monoisotopic (exact) mass is 271 g/mol. The number of rotatable bonds is 5. The fraction of sp³-hybridized carbons (Fsp3) is 0.588. The first-order valence-electron chi connectivity index (χ1n) is 7.82. The molecule has 3 nitrogen and oxygen atoms in total. The van der Waals surface area contributed by atoms with E-state index in [1.807, 2.05) is 12.1 Å². The summed E-state index contributed by atoms with van der Waals surface area (Å²) in [5, 5.41) is 0. The Morgan fingerprint density at radius 3 is 3.00 bits per heavy atom. The lowest BCUT2D eigenvalue weighted by molar-refractivity contribution is 0.0972. The van der Waals surface area contributed by atoms with Gasteiger partial charge in [0.2, 0.25) is 0 Å². The highest BCUT2D eigenvalue weighted by atomic mass is 16.5. The highest BCUT2D eigenvalue weighted by Crippen LogP contribution is 2.34. The Kier molecular flexibility index (Phi) is 3.03. The lowest BCUT2D eigenvalue weighted by Crippen LogP contribution is -2.14. The summed E-state index contributed by atoms with van der Waals surface area (Å²) < 4.78 is 5.88. The van der Waals surface area contributed by atoms with Crippen molar-refractivity contribution in [1.29, 1.82) is 0 Å². The van der Waals surface area contributed by atoms with Gasteiger partial charge in [0.15, 0.2) is 5.78 Å². The van der Waals surface area contributed by atoms with E-state index in [0.717, 1.165) is 36.7 Å². The lowest BCUT2D eigenvalue weighted by atomic mass is 9.90. The fourth-order valence-electron chi connectivity index (χ4n) is 3.13. The molecular formula is C17H21NO2. The van der Waals surface area contributed by atoms with Gasteiger partial charge in [-0.1, -0.05) is 6.07 Å². The van der Waals surface area contributed by atoms with Crippen LogP contribution in [0.25, 0.3) is 0 Å². The quantitative estimate of drug-likeness (QED) is 0.771. The second-order valence-corrected chi connectivity index (χ2v) is 6.46. The molecule has 0 aromatic heterocycles. The van der Waals surface area contributed by atoms with Crippen LogP contribution in [0, 0.1) is 5.92 Å². The van der Waals surface area contributed by atoms with E-state index >= 15 is 0 Å². The van der Waals surface area contributed by atoms with Crippen LogP contribution in [0.3, 0.4) is 0 Å². The van der Waals surface area contributed by atoms with Gasteiger partial charge in [0.1, 0.15) is 12.4 Å². The predicted molar refractivity (Wildman–Crippen MR) is 77.3 cm³/mol. The molecule has 4 rings (SSSR count). The van der Waals surface area contributed by atoms with E-state index in [9.17, 15) is 4.79 Å². The Bertz CT molecular complexity index is 536. The zero-order valence-electron chi connectivity index (χ0n) is 11.8. The Labute approximate surface area is 119 Å². The number of fused-ring (bicyclic) bond motifs is 1. The highest BCUT2D eigenvalue weighted by Gasteiger charge is 2.38. The standard InChI is InChI=1S/C17H21NO2/c19-17-3-1-2-13-6-7-15(8-16(13)17)20-11-14-10-18(14)9-12-4-5-12/h6-8,12,14H,1-5,9-11H2. The summed E-state index contributed by atoms with van der Waals surface area (Å²) >= 11 is 0. The Morgan fingerprint density at radius 2 is 2.15 bits per heavy atom. The molecule has 2 unspecified atom stereocenters. The Hall–Kier alpha value is -1.35. The van der Waals surface area contributed by atoms with Gasteiger partial charge < -0.3 is 4.74 Å². The van der Waals surface area contributed by atoms with E-state index < -0.39 is 0 Å². The molecule has 0 radical (unpaired) electrons. The van der Waals surface area contributed by atoms with Crippen molar-refractivity contribution in [1.82, 2.24) is 4.90 Å². The first kappa shape index (κ1) is 12.4. The van der Waals surface area contributed by atoms with Gasteiger partial charge >= 0.3 is 0 Å². The van der Waals surface area contributed by atoms with Crippen LogP contribution in [-0.2, 0) is 6.42 Å². The average molecular weight is 271 g/mol. The van der Waals surface area contributed by atoms with E-state index in [1.54, 1.807) is 0 Å². The number of nitrogens with zero attached hydrogens (tertiary/aromatic N) is 1. The molecule has 2 fully saturated rings. The number of benzene rings is 1. The van der Waals surface area contributed by atoms with E-state index in [-0.39, 0.29) is 5.78 Å². The van der Waals surface area contributed by atoms with Crippen molar-refractivity contribution in [3.63, 3.8) is 0 Å². The van der Waals surface area contributed by atoms with E-state index in [4.69, 9.17) is 4.74 Å². The molecule has 20 heavy (non-hydrogen) atoms. The van der Waals surface area contributed by atoms with Crippen LogP contribution in [-0.4, -0.2) is 36.4 Å². The van der Waals surface area contributed by atoms with Crippen molar-refractivity contribution in [2.24, 2.45) is 5.92 Å². The number of aryl methyl sites for hydroxylation is 1. The van der Waals surface area contributed by atoms with Gasteiger partial charge in [0.25, 0.3) is 0 Å². The van der Waals surface area contributed by atoms with Crippen LogP contribution in [0.2, 0.25) is 0 Å². The number of ketones is 1. The molecule has 3 aliphatic rings. The minimum absolute atomic E-state index is 0.276. The molecule has 0 bridgehead atoms. The van der Waals surface area contributed by atoms with E-state index in [1.165, 1.54) is 31.5 Å². The maximum Gasteiger partial charge on any atom is 0.163 e. The summed E-state index contributed by atoms with van der Waals surface area (Å²) in [4.78, 5) is 14.4. The average Bonchev–Trinajstić information content (AvgIpc) is 3.36. The first-order valence-corrected chi connectivity index (χ1v) is 7.82. The van der Waals surface area contributed by atoms with Crippen LogP contribution in [0.1, 0.15) is 41.6 Å². The summed E-state index contributed by atoms with van der Waals surface area (Å²) in [5.41, 5.74) is 2.08. The summed E-state index contributed by atoms with van der Waals surface area (Å²) in [6.45, 7) is 3.21. The first-order chi connectivity index (χ1) is 9.79. The lowest BCUT2D eigenvalue weighted by Gasteiger charge is -2.16. The molecule has 1 heterocycles. The second-order valence-electron chi connectivity index (χ2n) is 6.46. The second kappa shape index (κ2) is 4.88. The van der Waals surface area contributed by atoms with Crippen LogP contribution in [0.15, 0.2) is 18.2 Å². The highest BCUT2D eigenvalue weighted by molar-refractivity contribution is 5.98. The summed E-state index contributed by atoms with van der Waals surface area (Å²) in [6.07, 6.45) is 5.53. The normalized spacial score (nSPS) is 28.1. The molecule has 1 saturated heterocycles. The maximum absolute atomic E-state index is 11.9. The largest absolute Gasteiger partial charge is 0.492 e. The van der Waals surface area contributed by atoms with E-state index in [2.05, 4.69) is 11.0 Å². The number of ether oxygens (including phenoxy) is 1. The van der Waals surface area contributed by atoms with Crippen molar-refractivity contribution in [3.8, 4) is 5.75 Å². The van der Waals surface area contributed by atoms with Gasteiger partial charge in [-0.3, -0.25) is 9.69 Å². The Balaban J connectivity index is 1.35. The smallest absolute Gasteiger partial charge is 0.163 e. The van der Waals surface area contributed by atoms with Crippen molar-refractivity contribution < 1.29 is 9.53 Å². The molecular weight excluding hydrogens is 250 g/mol. The zero-order valence-corrected chi connectivity index (χ0v) is 11.8.